The quantitative estimate of drug-likeness (QED) is 0.802. The fourth-order valence-electron chi connectivity index (χ4n) is 2.66. The molecule has 0 radical (unpaired) electrons. The van der Waals surface area contributed by atoms with Gasteiger partial charge in [0.2, 0.25) is 5.89 Å². The molecule has 1 atom stereocenters. The van der Waals surface area contributed by atoms with E-state index >= 15 is 0 Å². The van der Waals surface area contributed by atoms with Gasteiger partial charge in [0.05, 0.1) is 5.92 Å². The Labute approximate surface area is 139 Å². The topological polar surface area (TPSA) is 94.1 Å². The Morgan fingerprint density at radius 1 is 1.32 bits per heavy atom. The van der Waals surface area contributed by atoms with Crippen molar-refractivity contribution in [1.29, 1.82) is 0 Å². The number of halogens is 3. The van der Waals surface area contributed by atoms with Crippen LogP contribution >= 0.6 is 0 Å². The Kier molecular flexibility index (Phi) is 4.31. The summed E-state index contributed by atoms with van der Waals surface area (Å²) in [5, 5.41) is 10.4. The van der Waals surface area contributed by atoms with Gasteiger partial charge in [-0.25, -0.2) is 4.68 Å². The standard InChI is InChI=1S/C14H14F3N5O3/c1-21-10(23)5-4-9(20-21)12(24)22-6-2-3-8(7-22)11-18-19-13(25-11)14(15,16)17/h4-5,8H,2-3,6-7H2,1H3/t8-/m0/s1. The fraction of sp³-hybridized carbons (Fsp3) is 0.500. The van der Waals surface area contributed by atoms with E-state index in [1.54, 1.807) is 0 Å². The Balaban J connectivity index is 1.76. The molecule has 1 fully saturated rings. The molecule has 1 aliphatic rings. The molecular weight excluding hydrogens is 343 g/mol. The van der Waals surface area contributed by atoms with E-state index in [4.69, 9.17) is 4.42 Å². The third kappa shape index (κ3) is 3.54. The molecule has 134 valence electrons. The predicted molar refractivity (Wildman–Crippen MR) is 76.7 cm³/mol. The zero-order valence-electron chi connectivity index (χ0n) is 13.2. The van der Waals surface area contributed by atoms with Crippen molar-refractivity contribution in [2.45, 2.75) is 24.9 Å². The number of hydrogen-bond acceptors (Lipinski definition) is 6. The van der Waals surface area contributed by atoms with Gasteiger partial charge in [-0.1, -0.05) is 0 Å². The van der Waals surface area contributed by atoms with E-state index < -0.39 is 23.9 Å². The number of hydrogen-bond donors (Lipinski definition) is 0. The van der Waals surface area contributed by atoms with Gasteiger partial charge in [0.15, 0.2) is 0 Å². The van der Waals surface area contributed by atoms with Crippen LogP contribution in [-0.4, -0.2) is 43.9 Å². The molecule has 0 bridgehead atoms. The minimum absolute atomic E-state index is 0.0873. The lowest BCUT2D eigenvalue weighted by Crippen LogP contribution is -2.40. The van der Waals surface area contributed by atoms with Crippen molar-refractivity contribution in [2.75, 3.05) is 13.1 Å². The van der Waals surface area contributed by atoms with Gasteiger partial charge in [-0.15, -0.1) is 10.2 Å². The van der Waals surface area contributed by atoms with Crippen molar-refractivity contribution in [1.82, 2.24) is 24.9 Å². The average molecular weight is 357 g/mol. The van der Waals surface area contributed by atoms with Crippen molar-refractivity contribution in [3.8, 4) is 0 Å². The van der Waals surface area contributed by atoms with Crippen LogP contribution in [0.1, 0.15) is 41.0 Å². The largest absolute Gasteiger partial charge is 0.470 e. The number of rotatable bonds is 2. The molecule has 2 aromatic heterocycles. The predicted octanol–water partition coefficient (Wildman–Crippen LogP) is 1.20. The normalized spacial score (nSPS) is 18.4. The summed E-state index contributed by atoms with van der Waals surface area (Å²) in [6.07, 6.45) is -3.59. The van der Waals surface area contributed by atoms with Crippen molar-refractivity contribution in [2.24, 2.45) is 7.05 Å². The lowest BCUT2D eigenvalue weighted by Gasteiger charge is -2.30. The second kappa shape index (κ2) is 6.30. The zero-order valence-corrected chi connectivity index (χ0v) is 13.2. The van der Waals surface area contributed by atoms with Crippen LogP contribution in [0.25, 0.3) is 0 Å². The summed E-state index contributed by atoms with van der Waals surface area (Å²) in [6, 6.07) is 2.55. The molecule has 25 heavy (non-hydrogen) atoms. The first-order valence-corrected chi connectivity index (χ1v) is 7.50. The van der Waals surface area contributed by atoms with Crippen molar-refractivity contribution in [3.63, 3.8) is 0 Å². The molecule has 1 amide bonds. The summed E-state index contributed by atoms with van der Waals surface area (Å²) in [7, 11) is 1.43. The Morgan fingerprint density at radius 2 is 2.08 bits per heavy atom. The maximum Gasteiger partial charge on any atom is 0.470 e. The highest BCUT2D eigenvalue weighted by molar-refractivity contribution is 5.92. The van der Waals surface area contributed by atoms with Crippen molar-refractivity contribution >= 4 is 5.91 Å². The van der Waals surface area contributed by atoms with Crippen molar-refractivity contribution < 1.29 is 22.4 Å². The Hall–Kier alpha value is -2.72. The van der Waals surface area contributed by atoms with Crippen LogP contribution < -0.4 is 5.56 Å². The molecule has 0 saturated carbocycles. The molecule has 0 spiro atoms. The summed E-state index contributed by atoms with van der Waals surface area (Å²) in [4.78, 5) is 25.3. The maximum absolute atomic E-state index is 12.6. The van der Waals surface area contributed by atoms with Crippen LogP contribution in [0, 0.1) is 0 Å². The number of amides is 1. The van der Waals surface area contributed by atoms with Crippen molar-refractivity contribution in [3.05, 3.63) is 40.0 Å². The van der Waals surface area contributed by atoms with E-state index in [0.29, 0.717) is 19.4 Å². The summed E-state index contributed by atoms with van der Waals surface area (Å²) in [6.45, 7) is 0.572. The van der Waals surface area contributed by atoms with E-state index in [2.05, 4.69) is 15.3 Å². The lowest BCUT2D eigenvalue weighted by molar-refractivity contribution is -0.157. The smallest absolute Gasteiger partial charge is 0.417 e. The summed E-state index contributed by atoms with van der Waals surface area (Å²) in [5.41, 5.74) is -0.261. The molecule has 2 aromatic rings. The van der Waals surface area contributed by atoms with Gasteiger partial charge >= 0.3 is 12.1 Å². The molecule has 3 rings (SSSR count). The number of carbonyl (C=O) groups is 1. The Bertz CT molecular complexity index is 845. The zero-order chi connectivity index (χ0) is 18.2. The van der Waals surface area contributed by atoms with Crippen LogP contribution in [0.15, 0.2) is 21.3 Å². The Morgan fingerprint density at radius 3 is 2.72 bits per heavy atom. The summed E-state index contributed by atoms with van der Waals surface area (Å²) < 4.78 is 43.5. The highest BCUT2D eigenvalue weighted by atomic mass is 19.4. The van der Waals surface area contributed by atoms with E-state index in [9.17, 15) is 22.8 Å². The first-order valence-electron chi connectivity index (χ1n) is 7.50. The maximum atomic E-state index is 12.6. The minimum atomic E-state index is -4.70. The van der Waals surface area contributed by atoms with E-state index in [-0.39, 0.29) is 23.7 Å². The molecule has 0 aliphatic carbocycles. The minimum Gasteiger partial charge on any atom is -0.417 e. The van der Waals surface area contributed by atoms with Gasteiger partial charge < -0.3 is 9.32 Å². The van der Waals surface area contributed by atoms with E-state index in [1.807, 2.05) is 0 Å². The average Bonchev–Trinajstić information content (AvgIpc) is 3.07. The first kappa shape index (κ1) is 17.1. The highest BCUT2D eigenvalue weighted by Crippen LogP contribution is 2.32. The molecule has 8 nitrogen and oxygen atoms in total. The van der Waals surface area contributed by atoms with Crippen LogP contribution in [0.4, 0.5) is 13.2 Å². The van der Waals surface area contributed by atoms with Crippen LogP contribution in [0.5, 0.6) is 0 Å². The van der Waals surface area contributed by atoms with Gasteiger partial charge in [0, 0.05) is 26.2 Å². The summed E-state index contributed by atoms with van der Waals surface area (Å²) in [5.74, 6) is -2.42. The molecule has 0 N–H and O–H groups in total. The molecule has 11 heteroatoms. The number of carbonyl (C=O) groups excluding carboxylic acids is 1. The van der Waals surface area contributed by atoms with Gasteiger partial charge in [0.25, 0.3) is 11.5 Å². The highest BCUT2D eigenvalue weighted by Gasteiger charge is 2.39. The third-order valence-electron chi connectivity index (χ3n) is 3.92. The fourth-order valence-corrected chi connectivity index (χ4v) is 2.66. The van der Waals surface area contributed by atoms with E-state index in [0.717, 1.165) is 4.68 Å². The molecule has 1 saturated heterocycles. The first-order chi connectivity index (χ1) is 11.8. The number of nitrogens with zero attached hydrogens (tertiary/aromatic N) is 5. The number of aromatic nitrogens is 4. The number of alkyl halides is 3. The molecule has 1 aliphatic heterocycles. The number of aryl methyl sites for hydroxylation is 1. The van der Waals surface area contributed by atoms with Gasteiger partial charge in [-0.05, 0) is 18.9 Å². The van der Waals surface area contributed by atoms with E-state index in [1.165, 1.54) is 24.1 Å². The number of likely N-dealkylation sites (tertiary alicyclic amines) is 1. The second-order valence-electron chi connectivity index (χ2n) is 5.71. The van der Waals surface area contributed by atoms with Crippen LogP contribution in [-0.2, 0) is 13.2 Å². The third-order valence-corrected chi connectivity index (χ3v) is 3.92. The molecule has 0 aromatic carbocycles. The lowest BCUT2D eigenvalue weighted by atomic mass is 9.98. The SMILES string of the molecule is Cn1nc(C(=O)N2CCC[C@H](c3nnc(C(F)(F)F)o3)C2)ccc1=O. The van der Waals surface area contributed by atoms with Crippen LogP contribution in [0.3, 0.4) is 0 Å². The molecule has 0 unspecified atom stereocenters. The van der Waals surface area contributed by atoms with Gasteiger partial charge in [-0.2, -0.15) is 18.3 Å². The molecular formula is C14H14F3N5O3. The monoisotopic (exact) mass is 357 g/mol. The van der Waals surface area contributed by atoms with Gasteiger partial charge in [0.1, 0.15) is 5.69 Å². The second-order valence-corrected chi connectivity index (χ2v) is 5.71. The summed E-state index contributed by atoms with van der Waals surface area (Å²) >= 11 is 0. The number of piperidine rings is 1. The molecule has 3 heterocycles. The van der Waals surface area contributed by atoms with Gasteiger partial charge in [-0.3, -0.25) is 9.59 Å². The van der Waals surface area contributed by atoms with Crippen LogP contribution in [0.2, 0.25) is 0 Å².